The number of carbonyl (C=O) groups excluding carboxylic acids is 1. The van der Waals surface area contributed by atoms with E-state index in [2.05, 4.69) is 20.8 Å². The van der Waals surface area contributed by atoms with Crippen LogP contribution >= 0.6 is 27.3 Å². The van der Waals surface area contributed by atoms with Crippen LogP contribution in [0.4, 0.5) is 5.13 Å². The third kappa shape index (κ3) is 3.11. The Labute approximate surface area is 157 Å². The Kier molecular flexibility index (Phi) is 4.39. The number of furan rings is 1. The molecule has 0 bridgehead atoms. The van der Waals surface area contributed by atoms with E-state index in [4.69, 9.17) is 14.1 Å². The van der Waals surface area contributed by atoms with Gasteiger partial charge in [-0.05, 0) is 40.2 Å². The van der Waals surface area contributed by atoms with Crippen molar-refractivity contribution in [2.45, 2.75) is 0 Å². The Balaban J connectivity index is 1.47. The molecule has 0 N–H and O–H groups in total. The van der Waals surface area contributed by atoms with E-state index < -0.39 is 0 Å². The molecule has 0 atom stereocenters. The number of thiazole rings is 1. The first-order valence-electron chi connectivity index (χ1n) is 7.89. The van der Waals surface area contributed by atoms with Crippen LogP contribution in [-0.2, 0) is 0 Å². The molecule has 0 aliphatic carbocycles. The zero-order chi connectivity index (χ0) is 17.4. The standard InChI is InChI=1S/C17H16BrN3O3S/c1-23-11-3-2-4-13-15(11)19-17(25-13)21-9-7-20(8-10-21)16(22)12-5-6-14(18)24-12/h2-6H,7-10H2,1H3. The highest BCUT2D eigenvalue weighted by atomic mass is 79.9. The first kappa shape index (κ1) is 16.4. The van der Waals surface area contributed by atoms with Crippen LogP contribution in [0.25, 0.3) is 10.2 Å². The van der Waals surface area contributed by atoms with E-state index in [1.807, 2.05) is 23.1 Å². The van der Waals surface area contributed by atoms with E-state index in [9.17, 15) is 4.79 Å². The van der Waals surface area contributed by atoms with E-state index in [1.54, 1.807) is 30.6 Å². The van der Waals surface area contributed by atoms with Crippen LogP contribution in [0, 0.1) is 0 Å². The number of hydrogen-bond acceptors (Lipinski definition) is 6. The molecule has 25 heavy (non-hydrogen) atoms. The van der Waals surface area contributed by atoms with E-state index in [-0.39, 0.29) is 5.91 Å². The number of para-hydroxylation sites is 1. The summed E-state index contributed by atoms with van der Waals surface area (Å²) >= 11 is 4.88. The minimum absolute atomic E-state index is 0.0729. The lowest BCUT2D eigenvalue weighted by Crippen LogP contribution is -2.48. The van der Waals surface area contributed by atoms with E-state index in [0.29, 0.717) is 23.5 Å². The molecular weight excluding hydrogens is 406 g/mol. The Morgan fingerprint density at radius 1 is 1.24 bits per heavy atom. The number of hydrogen-bond donors (Lipinski definition) is 0. The predicted octanol–water partition coefficient (Wildman–Crippen LogP) is 3.62. The molecule has 8 heteroatoms. The number of carbonyl (C=O) groups is 1. The molecule has 6 nitrogen and oxygen atoms in total. The van der Waals surface area contributed by atoms with Crippen LogP contribution in [0.1, 0.15) is 10.6 Å². The van der Waals surface area contributed by atoms with Crippen molar-refractivity contribution in [3.8, 4) is 5.75 Å². The Bertz CT molecular complexity index is 915. The van der Waals surface area contributed by atoms with Gasteiger partial charge in [-0.2, -0.15) is 0 Å². The number of nitrogens with zero attached hydrogens (tertiary/aromatic N) is 3. The van der Waals surface area contributed by atoms with Crippen molar-refractivity contribution in [1.29, 1.82) is 0 Å². The van der Waals surface area contributed by atoms with Crippen LogP contribution in [0.3, 0.4) is 0 Å². The molecule has 1 saturated heterocycles. The molecule has 0 saturated carbocycles. The molecule has 3 heterocycles. The highest BCUT2D eigenvalue weighted by Gasteiger charge is 2.25. The highest BCUT2D eigenvalue weighted by molar-refractivity contribution is 9.10. The van der Waals surface area contributed by atoms with Crippen molar-refractivity contribution in [2.75, 3.05) is 38.2 Å². The number of halogens is 1. The van der Waals surface area contributed by atoms with E-state index in [0.717, 1.165) is 34.2 Å². The van der Waals surface area contributed by atoms with Crippen molar-refractivity contribution >= 4 is 48.5 Å². The van der Waals surface area contributed by atoms with Crippen molar-refractivity contribution in [1.82, 2.24) is 9.88 Å². The molecule has 4 rings (SSSR count). The van der Waals surface area contributed by atoms with Crippen molar-refractivity contribution in [2.24, 2.45) is 0 Å². The van der Waals surface area contributed by atoms with Gasteiger partial charge in [0.15, 0.2) is 15.6 Å². The Morgan fingerprint density at radius 2 is 2.04 bits per heavy atom. The van der Waals surface area contributed by atoms with Crippen LogP contribution in [0.15, 0.2) is 39.4 Å². The van der Waals surface area contributed by atoms with Gasteiger partial charge in [0.2, 0.25) is 0 Å². The van der Waals surface area contributed by atoms with Gasteiger partial charge in [-0.25, -0.2) is 4.98 Å². The number of piperazine rings is 1. The maximum atomic E-state index is 12.4. The molecule has 0 radical (unpaired) electrons. The fourth-order valence-electron chi connectivity index (χ4n) is 2.90. The number of benzene rings is 1. The lowest BCUT2D eigenvalue weighted by molar-refractivity contribution is 0.0713. The number of amides is 1. The molecule has 1 fully saturated rings. The number of ether oxygens (including phenoxy) is 1. The van der Waals surface area contributed by atoms with Crippen LogP contribution < -0.4 is 9.64 Å². The topological polar surface area (TPSA) is 58.8 Å². The molecule has 2 aromatic heterocycles. The molecule has 1 aliphatic rings. The molecule has 1 aliphatic heterocycles. The second-order valence-electron chi connectivity index (χ2n) is 5.69. The number of aromatic nitrogens is 1. The second-order valence-corrected chi connectivity index (χ2v) is 7.48. The van der Waals surface area contributed by atoms with Crippen LogP contribution in [-0.4, -0.2) is 49.1 Å². The van der Waals surface area contributed by atoms with Gasteiger partial charge in [0, 0.05) is 26.2 Å². The summed E-state index contributed by atoms with van der Waals surface area (Å²) in [5, 5.41) is 0.965. The average molecular weight is 422 g/mol. The third-order valence-corrected chi connectivity index (χ3v) is 5.72. The summed E-state index contributed by atoms with van der Waals surface area (Å²) in [6.45, 7) is 2.78. The number of methoxy groups -OCH3 is 1. The SMILES string of the molecule is COc1cccc2sc(N3CCN(C(=O)c4ccc(Br)o4)CC3)nc12. The van der Waals surface area contributed by atoms with Gasteiger partial charge >= 0.3 is 0 Å². The monoisotopic (exact) mass is 421 g/mol. The maximum Gasteiger partial charge on any atom is 0.289 e. The first-order valence-corrected chi connectivity index (χ1v) is 9.50. The number of rotatable bonds is 3. The molecule has 0 unspecified atom stereocenters. The van der Waals surface area contributed by atoms with Crippen molar-refractivity contribution in [3.05, 3.63) is 40.8 Å². The average Bonchev–Trinajstić information content (AvgIpc) is 3.27. The fraction of sp³-hybridized carbons (Fsp3) is 0.294. The summed E-state index contributed by atoms with van der Waals surface area (Å²) in [5.41, 5.74) is 0.893. The van der Waals surface area contributed by atoms with Gasteiger partial charge in [-0.15, -0.1) is 0 Å². The molecule has 130 valence electrons. The van der Waals surface area contributed by atoms with Gasteiger partial charge in [0.25, 0.3) is 5.91 Å². The second kappa shape index (κ2) is 6.68. The smallest absolute Gasteiger partial charge is 0.289 e. The van der Waals surface area contributed by atoms with Gasteiger partial charge in [-0.1, -0.05) is 17.4 Å². The van der Waals surface area contributed by atoms with Gasteiger partial charge < -0.3 is 19.0 Å². The lowest BCUT2D eigenvalue weighted by atomic mass is 10.3. The quantitative estimate of drug-likeness (QED) is 0.646. The summed E-state index contributed by atoms with van der Waals surface area (Å²) < 4.78 is 12.4. The minimum Gasteiger partial charge on any atom is -0.494 e. The molecule has 1 amide bonds. The zero-order valence-electron chi connectivity index (χ0n) is 13.6. The first-order chi connectivity index (χ1) is 12.2. The highest BCUT2D eigenvalue weighted by Crippen LogP contribution is 2.34. The van der Waals surface area contributed by atoms with Crippen molar-refractivity contribution < 1.29 is 13.9 Å². The largest absolute Gasteiger partial charge is 0.494 e. The van der Waals surface area contributed by atoms with Crippen molar-refractivity contribution in [3.63, 3.8) is 0 Å². The maximum absolute atomic E-state index is 12.4. The van der Waals surface area contributed by atoms with E-state index >= 15 is 0 Å². The molecular formula is C17H16BrN3O3S. The summed E-state index contributed by atoms with van der Waals surface area (Å²) in [6.07, 6.45) is 0. The van der Waals surface area contributed by atoms with E-state index in [1.165, 1.54) is 0 Å². The fourth-order valence-corrected chi connectivity index (χ4v) is 4.24. The molecule has 3 aromatic rings. The summed E-state index contributed by atoms with van der Waals surface area (Å²) in [5.74, 6) is 1.08. The summed E-state index contributed by atoms with van der Waals surface area (Å²) in [6, 6.07) is 9.37. The molecule has 0 spiro atoms. The van der Waals surface area contributed by atoms with Crippen LogP contribution in [0.2, 0.25) is 0 Å². The zero-order valence-corrected chi connectivity index (χ0v) is 16.0. The van der Waals surface area contributed by atoms with Gasteiger partial charge in [0.1, 0.15) is 11.3 Å². The summed E-state index contributed by atoms with van der Waals surface area (Å²) in [7, 11) is 1.66. The summed E-state index contributed by atoms with van der Waals surface area (Å²) in [4.78, 5) is 21.2. The Morgan fingerprint density at radius 3 is 2.72 bits per heavy atom. The number of anilines is 1. The lowest BCUT2D eigenvalue weighted by Gasteiger charge is -2.34. The minimum atomic E-state index is -0.0729. The Hall–Kier alpha value is -2.06. The molecule has 1 aromatic carbocycles. The normalized spacial score (nSPS) is 15.0. The number of fused-ring (bicyclic) bond motifs is 1. The third-order valence-electron chi connectivity index (χ3n) is 4.21. The van der Waals surface area contributed by atoms with Gasteiger partial charge in [-0.3, -0.25) is 4.79 Å². The predicted molar refractivity (Wildman–Crippen MR) is 101 cm³/mol. The van der Waals surface area contributed by atoms with Crippen LogP contribution in [0.5, 0.6) is 5.75 Å². The van der Waals surface area contributed by atoms with Gasteiger partial charge in [0.05, 0.1) is 11.8 Å².